The molecule has 0 unspecified atom stereocenters. The molecule has 1 aliphatic carbocycles. The SMILES string of the molecule is OB(O)c1ccc(-c2ccccc2)c2c3c(c(-c4ccccc4)cc12)-c1cccc2cccc-3c12. The van der Waals surface area contributed by atoms with Gasteiger partial charge in [0.15, 0.2) is 0 Å². The summed E-state index contributed by atoms with van der Waals surface area (Å²) in [5.41, 5.74) is 9.71. The van der Waals surface area contributed by atoms with Crippen molar-refractivity contribution in [3.8, 4) is 44.5 Å². The topological polar surface area (TPSA) is 40.5 Å². The van der Waals surface area contributed by atoms with Crippen molar-refractivity contribution in [2.24, 2.45) is 0 Å². The smallest absolute Gasteiger partial charge is 0.423 e. The second-order valence-corrected chi connectivity index (χ2v) is 9.11. The molecule has 0 spiro atoms. The highest BCUT2D eigenvalue weighted by molar-refractivity contribution is 6.62. The van der Waals surface area contributed by atoms with E-state index in [9.17, 15) is 10.0 Å². The summed E-state index contributed by atoms with van der Waals surface area (Å²) in [5, 5.41) is 25.1. The van der Waals surface area contributed by atoms with Gasteiger partial charge < -0.3 is 10.0 Å². The van der Waals surface area contributed by atoms with Gasteiger partial charge in [0.1, 0.15) is 0 Å². The Morgan fingerprint density at radius 1 is 0.457 bits per heavy atom. The standard InChI is InChI=1S/C32H21BO2/c34-33(35)28-18-17-23(20-9-3-1-4-10-20)30-27(28)19-26(21-11-5-2-6-12-21)31-24-15-7-13-22-14-8-16-25(29(22)24)32(30)31/h1-19,34-35H. The van der Waals surface area contributed by atoms with E-state index in [2.05, 4.69) is 78.9 Å². The molecule has 6 aromatic rings. The molecular weight excluding hydrogens is 427 g/mol. The van der Waals surface area contributed by atoms with E-state index < -0.39 is 7.12 Å². The molecule has 0 bridgehead atoms. The number of benzene rings is 6. The summed E-state index contributed by atoms with van der Waals surface area (Å²) in [6, 6.07) is 39.7. The van der Waals surface area contributed by atoms with Gasteiger partial charge in [0.2, 0.25) is 0 Å². The minimum Gasteiger partial charge on any atom is -0.423 e. The maximum Gasteiger partial charge on any atom is 0.489 e. The van der Waals surface area contributed by atoms with E-state index >= 15 is 0 Å². The third kappa shape index (κ3) is 2.93. The Balaban J connectivity index is 1.74. The summed E-state index contributed by atoms with van der Waals surface area (Å²) in [4.78, 5) is 0. The molecule has 0 amide bonds. The van der Waals surface area contributed by atoms with E-state index in [1.807, 2.05) is 36.4 Å². The fourth-order valence-electron chi connectivity index (χ4n) is 5.77. The Morgan fingerprint density at radius 2 is 1.06 bits per heavy atom. The molecule has 6 aromatic carbocycles. The first-order chi connectivity index (χ1) is 17.2. The van der Waals surface area contributed by atoms with Crippen molar-refractivity contribution in [3.63, 3.8) is 0 Å². The van der Waals surface area contributed by atoms with Gasteiger partial charge in [0.25, 0.3) is 0 Å². The quantitative estimate of drug-likeness (QED) is 0.297. The van der Waals surface area contributed by atoms with E-state index in [4.69, 9.17) is 0 Å². The van der Waals surface area contributed by atoms with E-state index in [0.717, 1.165) is 38.6 Å². The molecule has 0 saturated heterocycles. The van der Waals surface area contributed by atoms with Crippen LogP contribution >= 0.6 is 0 Å². The highest BCUT2D eigenvalue weighted by Gasteiger charge is 2.30. The lowest BCUT2D eigenvalue weighted by molar-refractivity contribution is 0.426. The third-order valence-electron chi connectivity index (χ3n) is 7.23. The lowest BCUT2D eigenvalue weighted by atomic mass is 9.73. The summed E-state index contributed by atoms with van der Waals surface area (Å²) in [6.07, 6.45) is 0. The van der Waals surface area contributed by atoms with Crippen molar-refractivity contribution in [1.82, 2.24) is 0 Å². The predicted octanol–water partition coefficient (Wildman–Crippen LogP) is 6.65. The van der Waals surface area contributed by atoms with Crippen molar-refractivity contribution >= 4 is 34.1 Å². The maximum absolute atomic E-state index is 10.4. The maximum atomic E-state index is 10.4. The number of hydrogen-bond acceptors (Lipinski definition) is 2. The fourth-order valence-corrected chi connectivity index (χ4v) is 5.77. The van der Waals surface area contributed by atoms with Crippen molar-refractivity contribution in [3.05, 3.63) is 115 Å². The van der Waals surface area contributed by atoms with Crippen molar-refractivity contribution in [2.45, 2.75) is 0 Å². The Kier molecular flexibility index (Phi) is 4.43. The zero-order valence-electron chi connectivity index (χ0n) is 18.9. The van der Waals surface area contributed by atoms with E-state index in [1.165, 1.54) is 27.5 Å². The van der Waals surface area contributed by atoms with Crippen LogP contribution in [0, 0.1) is 0 Å². The molecule has 0 aliphatic heterocycles. The minimum atomic E-state index is -1.57. The van der Waals surface area contributed by atoms with Crippen molar-refractivity contribution in [1.29, 1.82) is 0 Å². The Morgan fingerprint density at radius 3 is 1.69 bits per heavy atom. The second kappa shape index (κ2) is 7.67. The van der Waals surface area contributed by atoms with E-state index in [1.54, 1.807) is 0 Å². The van der Waals surface area contributed by atoms with Crippen molar-refractivity contribution < 1.29 is 10.0 Å². The summed E-state index contributed by atoms with van der Waals surface area (Å²) in [5.74, 6) is 0. The summed E-state index contributed by atoms with van der Waals surface area (Å²) in [7, 11) is -1.57. The van der Waals surface area contributed by atoms with Crippen LogP contribution in [-0.4, -0.2) is 17.2 Å². The van der Waals surface area contributed by atoms with Crippen LogP contribution in [0.2, 0.25) is 0 Å². The zero-order chi connectivity index (χ0) is 23.5. The van der Waals surface area contributed by atoms with Gasteiger partial charge in [-0.3, -0.25) is 0 Å². The summed E-state index contributed by atoms with van der Waals surface area (Å²) in [6.45, 7) is 0. The molecular formula is C32H21BO2. The molecule has 164 valence electrons. The highest BCUT2D eigenvalue weighted by Crippen LogP contribution is 2.55. The normalized spacial score (nSPS) is 11.7. The van der Waals surface area contributed by atoms with Crippen LogP contribution in [0.25, 0.3) is 66.1 Å². The number of hydrogen-bond donors (Lipinski definition) is 2. The molecule has 0 heterocycles. The van der Waals surface area contributed by atoms with Gasteiger partial charge >= 0.3 is 7.12 Å². The Hall–Kier alpha value is -4.18. The Bertz CT molecular complexity index is 1750. The lowest BCUT2D eigenvalue weighted by Crippen LogP contribution is -2.30. The lowest BCUT2D eigenvalue weighted by Gasteiger charge is -2.19. The zero-order valence-corrected chi connectivity index (χ0v) is 18.9. The third-order valence-corrected chi connectivity index (χ3v) is 7.23. The van der Waals surface area contributed by atoms with Crippen molar-refractivity contribution in [2.75, 3.05) is 0 Å². The molecule has 0 fully saturated rings. The van der Waals surface area contributed by atoms with E-state index in [-0.39, 0.29) is 0 Å². The monoisotopic (exact) mass is 448 g/mol. The largest absolute Gasteiger partial charge is 0.489 e. The van der Waals surface area contributed by atoms with Gasteiger partial charge in [-0.2, -0.15) is 0 Å². The molecule has 0 radical (unpaired) electrons. The van der Waals surface area contributed by atoms with Gasteiger partial charge in [-0.05, 0) is 77.6 Å². The molecule has 1 aliphatic rings. The van der Waals surface area contributed by atoms with Gasteiger partial charge in [0, 0.05) is 0 Å². The highest BCUT2D eigenvalue weighted by atomic mass is 16.4. The molecule has 3 heteroatoms. The van der Waals surface area contributed by atoms with Crippen LogP contribution in [0.3, 0.4) is 0 Å². The average molecular weight is 448 g/mol. The van der Waals surface area contributed by atoms with Crippen LogP contribution in [0.1, 0.15) is 0 Å². The number of rotatable bonds is 3. The fraction of sp³-hybridized carbons (Fsp3) is 0. The second-order valence-electron chi connectivity index (χ2n) is 9.11. The van der Waals surface area contributed by atoms with E-state index in [0.29, 0.717) is 5.46 Å². The number of fused-ring (bicyclic) bond motifs is 5. The van der Waals surface area contributed by atoms with Crippen LogP contribution in [-0.2, 0) is 0 Å². The predicted molar refractivity (Wildman–Crippen MR) is 147 cm³/mol. The molecule has 7 rings (SSSR count). The summed E-state index contributed by atoms with van der Waals surface area (Å²) < 4.78 is 0. The first-order valence-corrected chi connectivity index (χ1v) is 11.9. The molecule has 35 heavy (non-hydrogen) atoms. The van der Waals surface area contributed by atoms with Gasteiger partial charge in [-0.15, -0.1) is 0 Å². The van der Waals surface area contributed by atoms with Crippen LogP contribution in [0.4, 0.5) is 0 Å². The van der Waals surface area contributed by atoms with Gasteiger partial charge in [0.05, 0.1) is 0 Å². The van der Waals surface area contributed by atoms with Gasteiger partial charge in [-0.1, -0.05) is 109 Å². The first-order valence-electron chi connectivity index (χ1n) is 11.9. The molecule has 0 aromatic heterocycles. The van der Waals surface area contributed by atoms with Crippen LogP contribution in [0.5, 0.6) is 0 Å². The average Bonchev–Trinajstić information content (AvgIpc) is 3.25. The molecule has 0 atom stereocenters. The molecule has 2 N–H and O–H groups in total. The minimum absolute atomic E-state index is 0.516. The molecule has 0 saturated carbocycles. The molecule has 2 nitrogen and oxygen atoms in total. The van der Waals surface area contributed by atoms with Crippen LogP contribution in [0.15, 0.2) is 115 Å². The Labute approximate surface area is 203 Å². The van der Waals surface area contributed by atoms with Crippen LogP contribution < -0.4 is 5.46 Å². The van der Waals surface area contributed by atoms with Gasteiger partial charge in [-0.25, -0.2) is 0 Å². The first kappa shape index (κ1) is 20.2. The summed E-state index contributed by atoms with van der Waals surface area (Å²) >= 11 is 0.